The van der Waals surface area contributed by atoms with Gasteiger partial charge in [0.05, 0.1) is 30.3 Å². The molecule has 0 saturated carbocycles. The fourth-order valence-electron chi connectivity index (χ4n) is 4.19. The summed E-state index contributed by atoms with van der Waals surface area (Å²) in [5.74, 6) is 0.0359. The molecule has 4 amide bonds. The average molecular weight is 517 g/mol. The molecule has 0 radical (unpaired) electrons. The van der Waals surface area contributed by atoms with Crippen molar-refractivity contribution in [2.45, 2.75) is 33.4 Å². The highest BCUT2D eigenvalue weighted by Crippen LogP contribution is 2.31. The molecule has 2 aromatic carbocycles. The van der Waals surface area contributed by atoms with Gasteiger partial charge in [-0.2, -0.15) is 0 Å². The zero-order chi connectivity index (χ0) is 26.2. The topological polar surface area (TPSA) is 102 Å². The van der Waals surface area contributed by atoms with Crippen molar-refractivity contribution in [3.63, 3.8) is 0 Å². The Morgan fingerprint density at radius 3 is 2.61 bits per heavy atom. The lowest BCUT2D eigenvalue weighted by Crippen LogP contribution is -2.50. The molecule has 1 aliphatic rings. The van der Waals surface area contributed by atoms with Crippen LogP contribution in [0.3, 0.4) is 0 Å². The monoisotopic (exact) mass is 516 g/mol. The van der Waals surface area contributed by atoms with E-state index in [1.807, 2.05) is 45.0 Å². The van der Waals surface area contributed by atoms with Crippen LogP contribution in [-0.4, -0.2) is 78.2 Å². The largest absolute Gasteiger partial charge is 0.494 e. The van der Waals surface area contributed by atoms with E-state index in [1.54, 1.807) is 28.0 Å². The number of ether oxygens (including phenoxy) is 1. The zero-order valence-electron chi connectivity index (χ0n) is 20.9. The first kappa shape index (κ1) is 27.3. The number of anilines is 1. The van der Waals surface area contributed by atoms with Crippen LogP contribution in [0.5, 0.6) is 5.75 Å². The Hall–Kier alpha value is -3.30. The number of aliphatic hydroxyl groups is 1. The van der Waals surface area contributed by atoms with E-state index in [2.05, 4.69) is 5.32 Å². The Kier molecular flexibility index (Phi) is 9.55. The first-order valence-electron chi connectivity index (χ1n) is 12.1. The molecule has 36 heavy (non-hydrogen) atoms. The van der Waals surface area contributed by atoms with Crippen LogP contribution in [-0.2, 0) is 11.3 Å². The summed E-state index contributed by atoms with van der Waals surface area (Å²) < 4.78 is 5.48. The van der Waals surface area contributed by atoms with Gasteiger partial charge in [0.25, 0.3) is 5.91 Å². The van der Waals surface area contributed by atoms with E-state index >= 15 is 0 Å². The Labute approximate surface area is 216 Å². The number of carbonyl (C=O) groups excluding carboxylic acids is 3. The minimum absolute atomic E-state index is 0.143. The number of hydrogen-bond donors (Lipinski definition) is 2. The number of benzene rings is 2. The molecule has 0 saturated heterocycles. The quantitative estimate of drug-likeness (QED) is 0.561. The number of amides is 4. The fourth-order valence-corrected chi connectivity index (χ4v) is 4.44. The predicted molar refractivity (Wildman–Crippen MR) is 138 cm³/mol. The number of likely N-dealkylation sites (N-methyl/N-ethyl adjacent to an activating group) is 1. The smallest absolute Gasteiger partial charge is 0.318 e. The highest BCUT2D eigenvalue weighted by Gasteiger charge is 2.32. The number of fused-ring (bicyclic) bond motifs is 1. The van der Waals surface area contributed by atoms with Gasteiger partial charge in [-0.3, -0.25) is 9.59 Å². The van der Waals surface area contributed by atoms with E-state index in [0.29, 0.717) is 30.2 Å². The maximum atomic E-state index is 13.6. The number of carbonyl (C=O) groups is 3. The summed E-state index contributed by atoms with van der Waals surface area (Å²) >= 11 is 6.44. The number of rotatable bonds is 8. The number of para-hydroxylation sites is 1. The van der Waals surface area contributed by atoms with Gasteiger partial charge in [-0.15, -0.1) is 0 Å². The van der Waals surface area contributed by atoms with Gasteiger partial charge in [-0.05, 0) is 50.6 Å². The fraction of sp³-hybridized carbons (Fsp3) is 0.423. The molecule has 9 nitrogen and oxygen atoms in total. The Balaban J connectivity index is 1.81. The van der Waals surface area contributed by atoms with Gasteiger partial charge >= 0.3 is 6.03 Å². The number of urea groups is 1. The zero-order valence-corrected chi connectivity index (χ0v) is 21.6. The summed E-state index contributed by atoms with van der Waals surface area (Å²) in [5.41, 5.74) is 1.84. The summed E-state index contributed by atoms with van der Waals surface area (Å²) in [6.45, 7) is 6.87. The van der Waals surface area contributed by atoms with Crippen molar-refractivity contribution < 1.29 is 24.2 Å². The van der Waals surface area contributed by atoms with Gasteiger partial charge in [0.15, 0.2) is 0 Å². The molecule has 0 fully saturated rings. The second-order valence-corrected chi connectivity index (χ2v) is 8.86. The van der Waals surface area contributed by atoms with Crippen molar-refractivity contribution in [1.82, 2.24) is 15.1 Å². The van der Waals surface area contributed by atoms with Crippen molar-refractivity contribution in [1.29, 1.82) is 0 Å². The molecule has 0 aliphatic carbocycles. The molecular weight excluding hydrogens is 484 g/mol. The van der Waals surface area contributed by atoms with Gasteiger partial charge in [-0.25, -0.2) is 4.79 Å². The predicted octanol–water partition coefficient (Wildman–Crippen LogP) is 3.14. The van der Waals surface area contributed by atoms with Crippen molar-refractivity contribution in [2.24, 2.45) is 0 Å². The van der Waals surface area contributed by atoms with Gasteiger partial charge in [0, 0.05) is 37.9 Å². The third kappa shape index (κ3) is 6.27. The van der Waals surface area contributed by atoms with Gasteiger partial charge in [0.2, 0.25) is 5.91 Å². The molecule has 0 spiro atoms. The van der Waals surface area contributed by atoms with E-state index < -0.39 is 6.03 Å². The summed E-state index contributed by atoms with van der Waals surface area (Å²) in [7, 11) is 0. The van der Waals surface area contributed by atoms with Crippen molar-refractivity contribution in [3.05, 3.63) is 58.6 Å². The number of aliphatic hydroxyl groups excluding tert-OH is 1. The minimum Gasteiger partial charge on any atom is -0.494 e. The average Bonchev–Trinajstić information content (AvgIpc) is 3.02. The minimum atomic E-state index is -0.404. The second-order valence-electron chi connectivity index (χ2n) is 8.45. The van der Waals surface area contributed by atoms with Crippen LogP contribution in [0.15, 0.2) is 42.5 Å². The van der Waals surface area contributed by atoms with Gasteiger partial charge in [-0.1, -0.05) is 29.8 Å². The molecule has 1 atom stereocenters. The lowest BCUT2D eigenvalue weighted by molar-refractivity contribution is -0.130. The molecule has 0 bridgehead atoms. The van der Waals surface area contributed by atoms with Crippen LogP contribution < -0.4 is 15.0 Å². The summed E-state index contributed by atoms with van der Waals surface area (Å²) in [6, 6.07) is 11.7. The van der Waals surface area contributed by atoms with Crippen molar-refractivity contribution in [2.75, 3.05) is 44.3 Å². The third-order valence-corrected chi connectivity index (χ3v) is 6.40. The molecule has 0 unspecified atom stereocenters. The highest BCUT2D eigenvalue weighted by molar-refractivity contribution is 6.34. The molecule has 0 aromatic heterocycles. The van der Waals surface area contributed by atoms with Crippen molar-refractivity contribution >= 4 is 35.1 Å². The Morgan fingerprint density at radius 1 is 1.19 bits per heavy atom. The number of nitrogens with zero attached hydrogens (tertiary/aromatic N) is 3. The van der Waals surface area contributed by atoms with Crippen LogP contribution in [0.4, 0.5) is 10.5 Å². The van der Waals surface area contributed by atoms with Gasteiger partial charge < -0.3 is 29.9 Å². The lowest BCUT2D eigenvalue weighted by Gasteiger charge is -2.30. The molecule has 1 aliphatic heterocycles. The Bertz CT molecular complexity index is 1100. The van der Waals surface area contributed by atoms with Crippen LogP contribution in [0.2, 0.25) is 5.02 Å². The molecule has 2 N–H and O–H groups in total. The lowest BCUT2D eigenvalue weighted by atomic mass is 10.1. The molecule has 3 rings (SSSR count). The highest BCUT2D eigenvalue weighted by atomic mass is 35.5. The maximum Gasteiger partial charge on any atom is 0.318 e. The first-order chi connectivity index (χ1) is 17.3. The van der Waals surface area contributed by atoms with Crippen LogP contribution in [0, 0.1) is 0 Å². The number of nitrogens with one attached hydrogen (secondary N) is 1. The summed E-state index contributed by atoms with van der Waals surface area (Å²) in [6.07, 6.45) is 0. The Morgan fingerprint density at radius 2 is 1.94 bits per heavy atom. The van der Waals surface area contributed by atoms with Crippen molar-refractivity contribution in [3.8, 4) is 5.75 Å². The summed E-state index contributed by atoms with van der Waals surface area (Å²) in [5, 5.41) is 12.1. The van der Waals surface area contributed by atoms with Gasteiger partial charge in [0.1, 0.15) is 5.75 Å². The SMILES string of the molecule is CCOc1ccc(C(=O)N2C[C@@H](C)N(C(=O)NCC(=O)N(CC)CCO)Cc3ccccc32)c(Cl)c1. The van der Waals surface area contributed by atoms with Crippen LogP contribution in [0.25, 0.3) is 0 Å². The van der Waals surface area contributed by atoms with Crippen LogP contribution in [0.1, 0.15) is 36.7 Å². The van der Waals surface area contributed by atoms with E-state index in [-0.39, 0.29) is 55.7 Å². The van der Waals surface area contributed by atoms with E-state index in [1.165, 1.54) is 4.90 Å². The molecule has 194 valence electrons. The summed E-state index contributed by atoms with van der Waals surface area (Å²) in [4.78, 5) is 43.9. The normalized spacial score (nSPS) is 15.1. The third-order valence-electron chi connectivity index (χ3n) is 6.09. The molecule has 1 heterocycles. The van der Waals surface area contributed by atoms with E-state index in [9.17, 15) is 14.4 Å². The maximum absolute atomic E-state index is 13.6. The second kappa shape index (κ2) is 12.6. The molecule has 2 aromatic rings. The number of hydrogen-bond acceptors (Lipinski definition) is 5. The molecule has 10 heteroatoms. The first-order valence-corrected chi connectivity index (χ1v) is 12.4. The standard InChI is InChI=1S/C26H33ClN4O5/c1-4-29(12-13-32)24(33)15-28-26(35)30-17-19-8-6-7-9-23(19)31(16-18(30)3)25(34)21-11-10-20(36-5-2)14-22(21)27/h6-11,14,18,32H,4-5,12-13,15-17H2,1-3H3,(H,28,35)/t18-/m1/s1. The van der Waals surface area contributed by atoms with E-state index in [4.69, 9.17) is 21.4 Å². The molecular formula is C26H33ClN4O5. The van der Waals surface area contributed by atoms with E-state index in [0.717, 1.165) is 5.56 Å². The number of halogens is 1. The van der Waals surface area contributed by atoms with Crippen LogP contribution >= 0.6 is 11.6 Å².